The van der Waals surface area contributed by atoms with Gasteiger partial charge in [-0.25, -0.2) is 0 Å². The van der Waals surface area contributed by atoms with Gasteiger partial charge in [0, 0.05) is 11.3 Å². The summed E-state index contributed by atoms with van der Waals surface area (Å²) in [5.74, 6) is 0. The maximum absolute atomic E-state index is 9.81. The van der Waals surface area contributed by atoms with Crippen molar-refractivity contribution in [3.8, 4) is 0 Å². The van der Waals surface area contributed by atoms with Crippen LogP contribution in [0.15, 0.2) is 29.6 Å². The van der Waals surface area contributed by atoms with E-state index in [1.54, 1.807) is 11.3 Å². The summed E-state index contributed by atoms with van der Waals surface area (Å²) in [5.41, 5.74) is 1.21. The molecule has 0 spiro atoms. The molecule has 1 heterocycles. The van der Waals surface area contributed by atoms with Crippen LogP contribution in [0.1, 0.15) is 18.4 Å². The third-order valence-corrected chi connectivity index (χ3v) is 3.72. The summed E-state index contributed by atoms with van der Waals surface area (Å²) in [5, 5.41) is 21.9. The normalized spacial score (nSPS) is 13.1. The molecule has 3 heteroatoms. The Bertz CT molecular complexity index is 450. The van der Waals surface area contributed by atoms with Crippen molar-refractivity contribution in [3.63, 3.8) is 0 Å². The minimum atomic E-state index is -0.342. The summed E-state index contributed by atoms with van der Waals surface area (Å²) in [6.45, 7) is 0.154. The van der Waals surface area contributed by atoms with Gasteiger partial charge in [-0.05, 0) is 41.7 Å². The molecule has 0 radical (unpaired) electrons. The third kappa shape index (κ3) is 2.61. The molecular weight excluding hydrogens is 220 g/mol. The summed E-state index contributed by atoms with van der Waals surface area (Å²) < 4.78 is 1.27. The van der Waals surface area contributed by atoms with Crippen molar-refractivity contribution in [2.75, 3.05) is 6.61 Å². The average molecular weight is 236 g/mol. The molecule has 1 unspecified atom stereocenters. The highest BCUT2D eigenvalue weighted by atomic mass is 32.1. The molecule has 1 atom stereocenters. The Labute approximate surface area is 99.2 Å². The topological polar surface area (TPSA) is 40.5 Å². The molecule has 0 aliphatic carbocycles. The zero-order chi connectivity index (χ0) is 11.4. The van der Waals surface area contributed by atoms with Gasteiger partial charge in [0.15, 0.2) is 0 Å². The molecule has 16 heavy (non-hydrogen) atoms. The molecule has 0 aliphatic rings. The number of benzene rings is 1. The smallest absolute Gasteiger partial charge is 0.0581 e. The van der Waals surface area contributed by atoms with Crippen molar-refractivity contribution in [1.29, 1.82) is 0 Å². The quantitative estimate of drug-likeness (QED) is 0.837. The molecule has 0 amide bonds. The zero-order valence-corrected chi connectivity index (χ0v) is 9.91. The van der Waals surface area contributed by atoms with Gasteiger partial charge < -0.3 is 10.2 Å². The van der Waals surface area contributed by atoms with E-state index < -0.39 is 0 Å². The van der Waals surface area contributed by atoms with E-state index in [1.807, 2.05) is 12.1 Å². The molecule has 0 saturated carbocycles. The first-order chi connectivity index (χ1) is 7.81. The van der Waals surface area contributed by atoms with Crippen LogP contribution in [-0.2, 0) is 6.42 Å². The van der Waals surface area contributed by atoms with Crippen LogP contribution in [0.5, 0.6) is 0 Å². The van der Waals surface area contributed by atoms with Crippen LogP contribution in [0, 0.1) is 0 Å². The van der Waals surface area contributed by atoms with Crippen LogP contribution in [0.25, 0.3) is 10.1 Å². The SMILES string of the molecule is OCCCC(O)Cc1csc2ccccc12. The number of rotatable bonds is 5. The van der Waals surface area contributed by atoms with Crippen molar-refractivity contribution in [3.05, 3.63) is 35.2 Å². The molecule has 0 aliphatic heterocycles. The van der Waals surface area contributed by atoms with Crippen LogP contribution in [-0.4, -0.2) is 22.9 Å². The minimum Gasteiger partial charge on any atom is -0.396 e. The van der Waals surface area contributed by atoms with Crippen LogP contribution < -0.4 is 0 Å². The van der Waals surface area contributed by atoms with Gasteiger partial charge in [0.05, 0.1) is 6.10 Å². The first-order valence-electron chi connectivity index (χ1n) is 5.55. The van der Waals surface area contributed by atoms with Crippen molar-refractivity contribution in [2.45, 2.75) is 25.4 Å². The lowest BCUT2D eigenvalue weighted by atomic mass is 10.0. The second-order valence-corrected chi connectivity index (χ2v) is 4.89. The predicted molar refractivity (Wildman–Crippen MR) is 67.9 cm³/mol. The standard InChI is InChI=1S/C13H16O2S/c14-7-3-4-11(15)8-10-9-16-13-6-2-1-5-12(10)13/h1-2,5-6,9,11,14-15H,3-4,7-8H2. The highest BCUT2D eigenvalue weighted by Crippen LogP contribution is 2.26. The fraction of sp³-hybridized carbons (Fsp3) is 0.385. The molecule has 1 aromatic carbocycles. The first-order valence-corrected chi connectivity index (χ1v) is 6.43. The Balaban J connectivity index is 2.09. The van der Waals surface area contributed by atoms with Crippen LogP contribution in [0.2, 0.25) is 0 Å². The van der Waals surface area contributed by atoms with E-state index in [0.717, 1.165) is 0 Å². The molecule has 86 valence electrons. The Hall–Kier alpha value is -0.900. The predicted octanol–water partition coefficient (Wildman–Crippen LogP) is 2.58. The van der Waals surface area contributed by atoms with Gasteiger partial charge in [-0.15, -0.1) is 11.3 Å². The summed E-state index contributed by atoms with van der Waals surface area (Å²) in [6, 6.07) is 8.26. The van der Waals surface area contributed by atoms with Gasteiger partial charge in [0.2, 0.25) is 0 Å². The van der Waals surface area contributed by atoms with Crippen molar-refractivity contribution >= 4 is 21.4 Å². The van der Waals surface area contributed by atoms with E-state index in [0.29, 0.717) is 19.3 Å². The van der Waals surface area contributed by atoms with Crippen molar-refractivity contribution in [1.82, 2.24) is 0 Å². The average Bonchev–Trinajstić information content (AvgIpc) is 2.70. The van der Waals surface area contributed by atoms with E-state index >= 15 is 0 Å². The van der Waals surface area contributed by atoms with Crippen LogP contribution in [0.4, 0.5) is 0 Å². The second kappa shape index (κ2) is 5.43. The van der Waals surface area contributed by atoms with Gasteiger partial charge in [-0.1, -0.05) is 18.2 Å². The summed E-state index contributed by atoms with van der Waals surface area (Å²) in [4.78, 5) is 0. The van der Waals surface area contributed by atoms with E-state index in [4.69, 9.17) is 5.11 Å². The van der Waals surface area contributed by atoms with Crippen molar-refractivity contribution < 1.29 is 10.2 Å². The Morgan fingerprint density at radius 3 is 2.88 bits per heavy atom. The molecular formula is C13H16O2S. The molecule has 2 aromatic rings. The van der Waals surface area contributed by atoms with Gasteiger partial charge in [0.25, 0.3) is 0 Å². The van der Waals surface area contributed by atoms with Gasteiger partial charge in [-0.2, -0.15) is 0 Å². The minimum absolute atomic E-state index is 0.154. The highest BCUT2D eigenvalue weighted by molar-refractivity contribution is 7.17. The van der Waals surface area contributed by atoms with E-state index in [1.165, 1.54) is 15.6 Å². The van der Waals surface area contributed by atoms with Crippen LogP contribution >= 0.6 is 11.3 Å². The van der Waals surface area contributed by atoms with E-state index in [9.17, 15) is 5.11 Å². The van der Waals surface area contributed by atoms with E-state index in [2.05, 4.69) is 17.5 Å². The Morgan fingerprint density at radius 1 is 1.25 bits per heavy atom. The number of aliphatic hydroxyl groups is 2. The number of fused-ring (bicyclic) bond motifs is 1. The third-order valence-electron chi connectivity index (χ3n) is 2.71. The maximum Gasteiger partial charge on any atom is 0.0581 e. The lowest BCUT2D eigenvalue weighted by Gasteiger charge is -2.08. The number of hydrogen-bond acceptors (Lipinski definition) is 3. The zero-order valence-electron chi connectivity index (χ0n) is 9.10. The van der Waals surface area contributed by atoms with Gasteiger partial charge in [0.1, 0.15) is 0 Å². The van der Waals surface area contributed by atoms with Gasteiger partial charge in [-0.3, -0.25) is 0 Å². The number of aliphatic hydroxyl groups excluding tert-OH is 2. The molecule has 0 fully saturated rings. The largest absolute Gasteiger partial charge is 0.396 e. The summed E-state index contributed by atoms with van der Waals surface area (Å²) in [7, 11) is 0. The molecule has 2 N–H and O–H groups in total. The monoisotopic (exact) mass is 236 g/mol. The lowest BCUT2D eigenvalue weighted by molar-refractivity contribution is 0.150. The van der Waals surface area contributed by atoms with Crippen LogP contribution in [0.3, 0.4) is 0 Å². The second-order valence-electron chi connectivity index (χ2n) is 3.98. The van der Waals surface area contributed by atoms with Crippen molar-refractivity contribution in [2.24, 2.45) is 0 Å². The van der Waals surface area contributed by atoms with Gasteiger partial charge >= 0.3 is 0 Å². The first kappa shape index (κ1) is 11.6. The Kier molecular flexibility index (Phi) is 3.93. The molecule has 1 aromatic heterocycles. The fourth-order valence-corrected chi connectivity index (χ4v) is 2.85. The number of hydrogen-bond donors (Lipinski definition) is 2. The molecule has 0 bridgehead atoms. The summed E-state index contributed by atoms with van der Waals surface area (Å²) >= 11 is 1.72. The van der Waals surface area contributed by atoms with E-state index in [-0.39, 0.29) is 12.7 Å². The lowest BCUT2D eigenvalue weighted by Crippen LogP contribution is -2.10. The molecule has 0 saturated heterocycles. The molecule has 2 nitrogen and oxygen atoms in total. The maximum atomic E-state index is 9.81. The highest BCUT2D eigenvalue weighted by Gasteiger charge is 2.09. The summed E-state index contributed by atoms with van der Waals surface area (Å²) in [6.07, 6.45) is 1.68. The Morgan fingerprint density at radius 2 is 2.06 bits per heavy atom. The fourth-order valence-electron chi connectivity index (χ4n) is 1.87. The molecule has 2 rings (SSSR count). The number of thiophene rings is 1.